The summed E-state index contributed by atoms with van der Waals surface area (Å²) in [5.74, 6) is 0.566. The molecule has 0 spiro atoms. The highest BCUT2D eigenvalue weighted by Crippen LogP contribution is 2.30. The lowest BCUT2D eigenvalue weighted by atomic mass is 10.1. The fraction of sp³-hybridized carbons (Fsp3) is 0.348. The van der Waals surface area contributed by atoms with Crippen molar-refractivity contribution >= 4 is 29.2 Å². The van der Waals surface area contributed by atoms with E-state index in [0.717, 1.165) is 4.90 Å². The smallest absolute Gasteiger partial charge is 0.332 e. The van der Waals surface area contributed by atoms with Crippen LogP contribution in [0.5, 0.6) is 11.5 Å². The van der Waals surface area contributed by atoms with E-state index in [-0.39, 0.29) is 18.2 Å². The second-order valence-corrected chi connectivity index (χ2v) is 7.70. The Kier molecular flexibility index (Phi) is 6.79. The predicted molar refractivity (Wildman–Crippen MR) is 117 cm³/mol. The Morgan fingerprint density at radius 1 is 1.03 bits per heavy atom. The lowest BCUT2D eigenvalue weighted by Gasteiger charge is -2.23. The van der Waals surface area contributed by atoms with Crippen LogP contribution in [0.4, 0.5) is 16.2 Å². The molecule has 1 heterocycles. The van der Waals surface area contributed by atoms with Gasteiger partial charge in [0.15, 0.2) is 0 Å². The monoisotopic (exact) mass is 425 g/mol. The highest BCUT2D eigenvalue weighted by molar-refractivity contribution is 6.22. The molecule has 0 bridgehead atoms. The summed E-state index contributed by atoms with van der Waals surface area (Å²) in [6, 6.07) is 12.3. The minimum atomic E-state index is -0.876. The van der Waals surface area contributed by atoms with Gasteiger partial charge in [0.1, 0.15) is 17.5 Å². The number of amides is 4. The number of methoxy groups -OCH3 is 2. The number of nitrogens with zero attached hydrogens (tertiary/aromatic N) is 2. The Morgan fingerprint density at radius 3 is 2.32 bits per heavy atom. The van der Waals surface area contributed by atoms with Crippen molar-refractivity contribution in [3.8, 4) is 11.5 Å². The molecule has 1 N–H and O–H groups in total. The van der Waals surface area contributed by atoms with Gasteiger partial charge in [-0.05, 0) is 42.3 Å². The normalized spacial score (nSPS) is 16.1. The second kappa shape index (κ2) is 9.51. The quantitative estimate of drug-likeness (QED) is 0.654. The first-order chi connectivity index (χ1) is 14.8. The van der Waals surface area contributed by atoms with E-state index in [1.165, 1.54) is 12.0 Å². The number of nitrogens with one attached hydrogen (secondary N) is 1. The van der Waals surface area contributed by atoms with Crippen LogP contribution in [0, 0.1) is 5.92 Å². The third-order valence-electron chi connectivity index (χ3n) is 4.94. The number of benzene rings is 2. The van der Waals surface area contributed by atoms with E-state index >= 15 is 0 Å². The highest BCUT2D eigenvalue weighted by Gasteiger charge is 2.46. The van der Waals surface area contributed by atoms with Crippen LogP contribution in [0.25, 0.3) is 0 Å². The molecule has 1 aliphatic heterocycles. The molecule has 31 heavy (non-hydrogen) atoms. The SMILES string of the molecule is COc1ccc(NC(=O)CC2C(=O)N(c3cccc(OC)c3)C(=O)N2CC(C)C)cc1. The fourth-order valence-electron chi connectivity index (χ4n) is 3.48. The van der Waals surface area contributed by atoms with Crippen molar-refractivity contribution in [2.45, 2.75) is 26.3 Å². The van der Waals surface area contributed by atoms with E-state index in [9.17, 15) is 14.4 Å². The Morgan fingerprint density at radius 2 is 1.71 bits per heavy atom. The maximum absolute atomic E-state index is 13.2. The lowest BCUT2D eigenvalue weighted by molar-refractivity contribution is -0.124. The van der Waals surface area contributed by atoms with Crippen molar-refractivity contribution in [2.75, 3.05) is 31.0 Å². The van der Waals surface area contributed by atoms with Crippen molar-refractivity contribution in [3.05, 3.63) is 48.5 Å². The molecule has 1 unspecified atom stereocenters. The van der Waals surface area contributed by atoms with Gasteiger partial charge in [0.25, 0.3) is 5.91 Å². The molecule has 0 aliphatic carbocycles. The zero-order chi connectivity index (χ0) is 22.5. The van der Waals surface area contributed by atoms with E-state index < -0.39 is 18.0 Å². The molecule has 0 radical (unpaired) electrons. The molecule has 1 aliphatic rings. The first-order valence-corrected chi connectivity index (χ1v) is 10.1. The molecule has 0 saturated carbocycles. The van der Waals surface area contributed by atoms with Gasteiger partial charge >= 0.3 is 6.03 Å². The van der Waals surface area contributed by atoms with Gasteiger partial charge < -0.3 is 19.7 Å². The lowest BCUT2D eigenvalue weighted by Crippen LogP contribution is -2.40. The van der Waals surface area contributed by atoms with Gasteiger partial charge in [-0.25, -0.2) is 9.69 Å². The van der Waals surface area contributed by atoms with Crippen LogP contribution in [0.2, 0.25) is 0 Å². The van der Waals surface area contributed by atoms with E-state index in [4.69, 9.17) is 9.47 Å². The van der Waals surface area contributed by atoms with E-state index in [0.29, 0.717) is 29.4 Å². The molecular weight excluding hydrogens is 398 g/mol. The number of hydrogen-bond donors (Lipinski definition) is 1. The standard InChI is InChI=1S/C23H27N3O5/c1-15(2)14-25-20(13-21(27)24-16-8-10-18(30-3)11-9-16)22(28)26(23(25)29)17-6-5-7-19(12-17)31-4/h5-12,15,20H,13-14H2,1-4H3,(H,24,27). The number of carbonyl (C=O) groups excluding carboxylic acids is 3. The summed E-state index contributed by atoms with van der Waals surface area (Å²) in [6.45, 7) is 4.28. The zero-order valence-electron chi connectivity index (χ0n) is 18.1. The molecule has 4 amide bonds. The summed E-state index contributed by atoms with van der Waals surface area (Å²) in [5, 5.41) is 2.78. The van der Waals surface area contributed by atoms with Crippen molar-refractivity contribution in [1.82, 2.24) is 4.90 Å². The average Bonchev–Trinajstić information content (AvgIpc) is 2.97. The van der Waals surface area contributed by atoms with Crippen LogP contribution in [-0.2, 0) is 9.59 Å². The number of carbonyl (C=O) groups is 3. The summed E-state index contributed by atoms with van der Waals surface area (Å²) < 4.78 is 10.3. The Hall–Kier alpha value is -3.55. The van der Waals surface area contributed by atoms with Crippen molar-refractivity contribution in [2.24, 2.45) is 5.92 Å². The van der Waals surface area contributed by atoms with Crippen LogP contribution >= 0.6 is 0 Å². The third-order valence-corrected chi connectivity index (χ3v) is 4.94. The molecule has 2 aromatic carbocycles. The van der Waals surface area contributed by atoms with Gasteiger partial charge in [0, 0.05) is 18.3 Å². The number of ether oxygens (including phenoxy) is 2. The molecule has 0 aromatic heterocycles. The van der Waals surface area contributed by atoms with E-state index in [1.807, 2.05) is 13.8 Å². The number of rotatable bonds is 8. The number of imide groups is 1. The van der Waals surface area contributed by atoms with Crippen molar-refractivity contribution in [1.29, 1.82) is 0 Å². The highest BCUT2D eigenvalue weighted by atomic mass is 16.5. The molecule has 1 saturated heterocycles. The summed E-state index contributed by atoms with van der Waals surface area (Å²) in [6.07, 6.45) is -0.135. The molecule has 2 aromatic rings. The topological polar surface area (TPSA) is 88.2 Å². The van der Waals surface area contributed by atoms with Gasteiger partial charge in [-0.15, -0.1) is 0 Å². The fourth-order valence-corrected chi connectivity index (χ4v) is 3.48. The maximum Gasteiger partial charge on any atom is 0.332 e. The number of anilines is 2. The Labute approximate surface area is 181 Å². The Balaban J connectivity index is 1.81. The van der Waals surface area contributed by atoms with Crippen LogP contribution < -0.4 is 19.7 Å². The molecule has 8 nitrogen and oxygen atoms in total. The summed E-state index contributed by atoms with van der Waals surface area (Å²) in [7, 11) is 3.08. The van der Waals surface area contributed by atoms with Gasteiger partial charge in [-0.1, -0.05) is 19.9 Å². The molecular formula is C23H27N3O5. The molecule has 1 atom stereocenters. The van der Waals surface area contributed by atoms with Gasteiger partial charge in [0.2, 0.25) is 5.91 Å². The molecule has 164 valence electrons. The molecule has 1 fully saturated rings. The number of urea groups is 1. The zero-order valence-corrected chi connectivity index (χ0v) is 18.1. The first kappa shape index (κ1) is 22.1. The molecule has 8 heteroatoms. The van der Waals surface area contributed by atoms with E-state index in [2.05, 4.69) is 5.32 Å². The van der Waals surface area contributed by atoms with Crippen molar-refractivity contribution in [3.63, 3.8) is 0 Å². The van der Waals surface area contributed by atoms with Gasteiger partial charge in [-0.2, -0.15) is 0 Å². The average molecular weight is 425 g/mol. The van der Waals surface area contributed by atoms with Crippen LogP contribution in [0.3, 0.4) is 0 Å². The minimum Gasteiger partial charge on any atom is -0.497 e. The second-order valence-electron chi connectivity index (χ2n) is 7.70. The summed E-state index contributed by atoms with van der Waals surface area (Å²) in [4.78, 5) is 41.6. The van der Waals surface area contributed by atoms with Gasteiger partial charge in [0.05, 0.1) is 26.3 Å². The predicted octanol–water partition coefficient (Wildman–Crippen LogP) is 3.53. The first-order valence-electron chi connectivity index (χ1n) is 10.1. The van der Waals surface area contributed by atoms with E-state index in [1.54, 1.807) is 55.6 Å². The summed E-state index contributed by atoms with van der Waals surface area (Å²) in [5.41, 5.74) is 1.00. The summed E-state index contributed by atoms with van der Waals surface area (Å²) >= 11 is 0. The molecule has 3 rings (SSSR count). The number of hydrogen-bond acceptors (Lipinski definition) is 5. The van der Waals surface area contributed by atoms with Crippen molar-refractivity contribution < 1.29 is 23.9 Å². The Bertz CT molecular complexity index is 958. The minimum absolute atomic E-state index is 0.133. The van der Waals surface area contributed by atoms with Crippen LogP contribution in [0.15, 0.2) is 48.5 Å². The maximum atomic E-state index is 13.2. The van der Waals surface area contributed by atoms with Crippen LogP contribution in [-0.4, -0.2) is 49.6 Å². The third kappa shape index (κ3) is 4.96. The van der Waals surface area contributed by atoms with Crippen LogP contribution in [0.1, 0.15) is 20.3 Å². The van der Waals surface area contributed by atoms with Gasteiger partial charge in [-0.3, -0.25) is 9.59 Å². The largest absolute Gasteiger partial charge is 0.497 e.